The number of nitrogens with two attached hydrogens (primary N) is 1. The van der Waals surface area contributed by atoms with Crippen LogP contribution in [-0.4, -0.2) is 25.9 Å². The van der Waals surface area contributed by atoms with Crippen LogP contribution in [0.15, 0.2) is 71.9 Å². The Bertz CT molecular complexity index is 1210. The van der Waals surface area contributed by atoms with Crippen LogP contribution in [0.2, 0.25) is 0 Å². The first-order valence-electron chi connectivity index (χ1n) is 8.33. The molecule has 3 aromatic heterocycles. The summed E-state index contributed by atoms with van der Waals surface area (Å²) in [5, 5.41) is 8.44. The molecule has 0 saturated carbocycles. The van der Waals surface area contributed by atoms with E-state index < -0.39 is 0 Å². The second-order valence-corrected chi connectivity index (χ2v) is 7.54. The molecule has 146 valence electrons. The second kappa shape index (κ2) is 8.12. The van der Waals surface area contributed by atoms with E-state index in [9.17, 15) is 4.79 Å². The molecular weight excluding hydrogens is 390 g/mol. The van der Waals surface area contributed by atoms with Crippen LogP contribution in [0.4, 0.5) is 5.69 Å². The number of nitrogen functional groups attached to an aromatic ring is 1. The summed E-state index contributed by atoms with van der Waals surface area (Å²) in [5.41, 5.74) is 12.2. The van der Waals surface area contributed by atoms with Gasteiger partial charge in [-0.05, 0) is 18.2 Å². The van der Waals surface area contributed by atoms with Gasteiger partial charge < -0.3 is 5.73 Å². The molecule has 5 aromatic rings. The smallest absolute Gasteiger partial charge is 0.206 e. The van der Waals surface area contributed by atoms with Crippen molar-refractivity contribution >= 4 is 45.0 Å². The Morgan fingerprint density at radius 2 is 1.71 bits per heavy atom. The van der Waals surface area contributed by atoms with Gasteiger partial charge in [0, 0.05) is 34.7 Å². The minimum atomic E-state index is -0.0643. The van der Waals surface area contributed by atoms with Crippen LogP contribution < -0.4 is 5.73 Å². The number of nitrogens with one attached hydrogen (secondary N) is 1. The molecule has 0 atom stereocenters. The average molecular weight is 414 g/mol. The number of rotatable bonds is 3. The highest BCUT2D eigenvalue weighted by atomic mass is 32.1. The molecule has 0 aliphatic carbocycles. The van der Waals surface area contributed by atoms with Gasteiger partial charge in [-0.25, -0.2) is 0 Å². The van der Waals surface area contributed by atoms with Crippen LogP contribution in [0.25, 0.3) is 21.5 Å². The lowest BCUT2D eigenvalue weighted by Crippen LogP contribution is -2.02. The summed E-state index contributed by atoms with van der Waals surface area (Å²) in [6.45, 7) is 0. The number of hydrogen-bond donors (Lipinski definition) is 2. The number of fused-ring (bicyclic) bond motifs is 1. The summed E-state index contributed by atoms with van der Waals surface area (Å²) in [6, 6.07) is 15.1. The maximum Gasteiger partial charge on any atom is 0.206 e. The predicted molar refractivity (Wildman–Crippen MR) is 122 cm³/mol. The van der Waals surface area contributed by atoms with E-state index in [1.54, 1.807) is 47.3 Å². The Labute approximate surface area is 174 Å². The molecule has 0 spiro atoms. The van der Waals surface area contributed by atoms with Gasteiger partial charge >= 0.3 is 0 Å². The summed E-state index contributed by atoms with van der Waals surface area (Å²) >= 11 is 2.92. The molecule has 0 saturated heterocycles. The van der Waals surface area contributed by atoms with Crippen LogP contribution in [-0.2, 0) is 0 Å². The molecule has 0 unspecified atom stereocenters. The summed E-state index contributed by atoms with van der Waals surface area (Å²) in [4.78, 5) is 21.4. The van der Waals surface area contributed by atoms with Gasteiger partial charge in [-0.15, -0.1) is 22.7 Å². The number of benzene rings is 2. The monoisotopic (exact) mass is 413 g/mol. The number of aromatic amines is 1. The van der Waals surface area contributed by atoms with Crippen molar-refractivity contribution < 1.29 is 10.5 Å². The number of hydrogen-bond acceptors (Lipinski definition) is 7. The quantitative estimate of drug-likeness (QED) is 0.295. The van der Waals surface area contributed by atoms with Crippen molar-refractivity contribution in [3.63, 3.8) is 0 Å². The van der Waals surface area contributed by atoms with E-state index in [0.29, 0.717) is 16.1 Å². The molecule has 8 heteroatoms. The van der Waals surface area contributed by atoms with E-state index in [1.807, 2.05) is 29.9 Å². The highest BCUT2D eigenvalue weighted by molar-refractivity contribution is 7.13. The minimum Gasteiger partial charge on any atom is -0.398 e. The van der Waals surface area contributed by atoms with E-state index in [2.05, 4.69) is 26.2 Å². The van der Waals surface area contributed by atoms with Gasteiger partial charge in [-0.1, -0.05) is 30.3 Å². The molecule has 6 nitrogen and oxygen atoms in total. The Balaban J connectivity index is 0.000000534. The molecule has 0 aliphatic heterocycles. The lowest BCUT2D eigenvalue weighted by Gasteiger charge is -2.00. The maximum absolute atomic E-state index is 11.8. The molecule has 2 aromatic carbocycles. The zero-order chi connectivity index (χ0) is 19.3. The highest BCUT2D eigenvalue weighted by Gasteiger charge is 2.12. The largest absolute Gasteiger partial charge is 0.398 e. The van der Waals surface area contributed by atoms with E-state index in [1.165, 1.54) is 11.3 Å². The van der Waals surface area contributed by atoms with Gasteiger partial charge in [0.25, 0.3) is 0 Å². The van der Waals surface area contributed by atoms with Gasteiger partial charge in [0.05, 0.1) is 26.3 Å². The Hall–Kier alpha value is -3.36. The number of nitrogens with zero attached hydrogens (tertiary/aromatic N) is 3. The molecule has 5 rings (SSSR count). The van der Waals surface area contributed by atoms with Gasteiger partial charge in [0.15, 0.2) is 0 Å². The van der Waals surface area contributed by atoms with Crippen molar-refractivity contribution in [2.45, 2.75) is 0 Å². The zero-order valence-corrected chi connectivity index (χ0v) is 16.2. The molecule has 28 heavy (non-hydrogen) atoms. The van der Waals surface area contributed by atoms with Crippen LogP contribution in [0.1, 0.15) is 20.9 Å². The van der Waals surface area contributed by atoms with Gasteiger partial charge in [-0.2, -0.15) is 5.10 Å². The van der Waals surface area contributed by atoms with Crippen molar-refractivity contribution in [1.82, 2.24) is 20.2 Å². The zero-order valence-electron chi connectivity index (χ0n) is 14.6. The average Bonchev–Trinajstić information content (AvgIpc) is 3.49. The molecule has 0 radical (unpaired) electrons. The normalized spacial score (nSPS) is 10.4. The van der Waals surface area contributed by atoms with Crippen LogP contribution in [0, 0.1) is 0 Å². The fourth-order valence-electron chi connectivity index (χ4n) is 2.65. The van der Waals surface area contributed by atoms with Crippen molar-refractivity contribution in [1.29, 1.82) is 0 Å². The number of carbonyl (C=O) groups excluding carboxylic acids is 1. The number of carbonyl (C=O) groups is 1. The van der Waals surface area contributed by atoms with Crippen molar-refractivity contribution in [2.75, 3.05) is 5.73 Å². The first kappa shape index (κ1) is 18.0. The summed E-state index contributed by atoms with van der Waals surface area (Å²) in [7, 11) is 0. The standard InChI is InChI=1S/C10H7N3S.C10H8N2OS.4H2/c1-2-4-8-7(3-1)10(13-12-8)9-5-11-6-14-9;11-8-4-2-1-3-7(8)10(13)9-5-12-6-14-9;;;;/h1-6H,(H,12,13);1-6H,11H2;4*1H. The SMILES string of the molecule is Nc1ccccc1C(=O)c1cncs1.[HH].[HH].[HH].[HH].c1ccc2c(-c3cncs3)n[nH]c2c1. The fraction of sp³-hybridized carbons (Fsp3) is 0. The molecule has 0 amide bonds. The Morgan fingerprint density at radius 3 is 2.46 bits per heavy atom. The lowest BCUT2D eigenvalue weighted by atomic mass is 10.1. The number of H-pyrrole nitrogens is 1. The van der Waals surface area contributed by atoms with Crippen molar-refractivity contribution in [3.8, 4) is 10.6 Å². The number of para-hydroxylation sites is 2. The molecule has 0 fully saturated rings. The lowest BCUT2D eigenvalue weighted by molar-refractivity contribution is 0.104. The van der Waals surface area contributed by atoms with Crippen LogP contribution in [0.5, 0.6) is 0 Å². The van der Waals surface area contributed by atoms with E-state index in [-0.39, 0.29) is 11.5 Å². The first-order chi connectivity index (χ1) is 13.7. The number of anilines is 1. The summed E-state index contributed by atoms with van der Waals surface area (Å²) < 4.78 is 0. The molecule has 0 aliphatic rings. The minimum absolute atomic E-state index is 0. The third-order valence-electron chi connectivity index (χ3n) is 4.00. The second-order valence-electron chi connectivity index (χ2n) is 5.77. The highest BCUT2D eigenvalue weighted by Crippen LogP contribution is 2.28. The van der Waals surface area contributed by atoms with Crippen LogP contribution >= 0.6 is 22.7 Å². The molecule has 3 heterocycles. The fourth-order valence-corrected chi connectivity index (χ4v) is 3.85. The molecule has 0 bridgehead atoms. The van der Waals surface area contributed by atoms with Gasteiger partial charge in [0.2, 0.25) is 5.78 Å². The molecule has 3 N–H and O–H groups in total. The Morgan fingerprint density at radius 1 is 0.964 bits per heavy atom. The van der Waals surface area contributed by atoms with E-state index >= 15 is 0 Å². The first-order valence-corrected chi connectivity index (χ1v) is 10.1. The number of aromatic nitrogens is 4. The van der Waals surface area contributed by atoms with Crippen molar-refractivity contribution in [2.24, 2.45) is 0 Å². The summed E-state index contributed by atoms with van der Waals surface area (Å²) in [6.07, 6.45) is 3.40. The third kappa shape index (κ3) is 3.68. The number of ketones is 1. The van der Waals surface area contributed by atoms with Gasteiger partial charge in [-0.3, -0.25) is 19.9 Å². The maximum atomic E-state index is 11.8. The third-order valence-corrected chi connectivity index (χ3v) is 5.55. The van der Waals surface area contributed by atoms with E-state index in [4.69, 9.17) is 5.73 Å². The van der Waals surface area contributed by atoms with Crippen LogP contribution in [0.3, 0.4) is 0 Å². The summed E-state index contributed by atoms with van der Waals surface area (Å²) in [5.74, 6) is -0.0643. The van der Waals surface area contributed by atoms with Gasteiger partial charge in [0.1, 0.15) is 5.69 Å². The topological polar surface area (TPSA) is 97.6 Å². The molecular formula is C20H23N5OS2. The van der Waals surface area contributed by atoms with E-state index in [0.717, 1.165) is 21.5 Å². The predicted octanol–water partition coefficient (Wildman–Crippen LogP) is 5.63. The van der Waals surface area contributed by atoms with Crippen molar-refractivity contribution in [3.05, 3.63) is 82.4 Å². The number of thiazole rings is 2. The Kier molecular flexibility index (Phi) is 5.22.